The third-order valence-corrected chi connectivity index (χ3v) is 3.77. The van der Waals surface area contributed by atoms with E-state index in [0.29, 0.717) is 24.2 Å². The average molecular weight is 265 g/mol. The minimum absolute atomic E-state index is 0.213. The van der Waals surface area contributed by atoms with Crippen LogP contribution >= 0.6 is 0 Å². The predicted octanol–water partition coefficient (Wildman–Crippen LogP) is 1.12. The fourth-order valence-corrected chi connectivity index (χ4v) is 2.66. The first-order valence-electron chi connectivity index (χ1n) is 6.47. The van der Waals surface area contributed by atoms with Crippen molar-refractivity contribution in [3.8, 4) is 0 Å². The van der Waals surface area contributed by atoms with Gasteiger partial charge in [-0.1, -0.05) is 0 Å². The molecule has 0 radical (unpaired) electrons. The van der Waals surface area contributed by atoms with E-state index in [-0.39, 0.29) is 5.91 Å². The van der Waals surface area contributed by atoms with Crippen LogP contribution in [0.1, 0.15) is 41.0 Å². The third kappa shape index (κ3) is 2.34. The van der Waals surface area contributed by atoms with Gasteiger partial charge in [-0.2, -0.15) is 5.10 Å². The molecule has 1 aliphatic rings. The molecule has 1 amide bonds. The van der Waals surface area contributed by atoms with Gasteiger partial charge in [-0.05, 0) is 33.1 Å². The largest absolute Gasteiger partial charge is 0.480 e. The number of carboxylic acid groups (broad SMARTS) is 1. The van der Waals surface area contributed by atoms with E-state index in [4.69, 9.17) is 0 Å². The summed E-state index contributed by atoms with van der Waals surface area (Å²) in [5.74, 6) is -1.14. The molecule has 6 nitrogen and oxygen atoms in total. The number of carboxylic acids is 1. The first-order valence-corrected chi connectivity index (χ1v) is 6.47. The van der Waals surface area contributed by atoms with Gasteiger partial charge in [0.2, 0.25) is 0 Å². The fourth-order valence-electron chi connectivity index (χ4n) is 2.66. The maximum absolute atomic E-state index is 12.6. The number of piperidine rings is 1. The minimum Gasteiger partial charge on any atom is -0.480 e. The Hall–Kier alpha value is -1.85. The van der Waals surface area contributed by atoms with Crippen LogP contribution in [0.15, 0.2) is 0 Å². The maximum atomic E-state index is 12.6. The highest BCUT2D eigenvalue weighted by atomic mass is 16.4. The number of likely N-dealkylation sites (tertiary alicyclic amines) is 1. The zero-order chi connectivity index (χ0) is 14.2. The van der Waals surface area contributed by atoms with Crippen LogP contribution < -0.4 is 0 Å². The molecule has 1 atom stereocenters. The zero-order valence-corrected chi connectivity index (χ0v) is 11.5. The van der Waals surface area contributed by atoms with Gasteiger partial charge >= 0.3 is 5.97 Å². The molecule has 2 rings (SSSR count). The summed E-state index contributed by atoms with van der Waals surface area (Å²) < 4.78 is 1.66. The van der Waals surface area contributed by atoms with Crippen LogP contribution in [-0.4, -0.2) is 44.3 Å². The molecule has 19 heavy (non-hydrogen) atoms. The highest BCUT2D eigenvalue weighted by molar-refractivity contribution is 5.98. The van der Waals surface area contributed by atoms with Gasteiger partial charge in [-0.25, -0.2) is 4.79 Å². The van der Waals surface area contributed by atoms with Gasteiger partial charge in [0.1, 0.15) is 6.04 Å². The molecule has 0 bridgehead atoms. The molecule has 1 aromatic heterocycles. The van der Waals surface area contributed by atoms with Crippen LogP contribution in [0.5, 0.6) is 0 Å². The number of amides is 1. The molecule has 0 unspecified atom stereocenters. The van der Waals surface area contributed by atoms with Crippen molar-refractivity contribution in [3.63, 3.8) is 0 Å². The summed E-state index contributed by atoms with van der Waals surface area (Å²) in [6.07, 6.45) is 2.24. The van der Waals surface area contributed by atoms with Crippen molar-refractivity contribution in [2.45, 2.75) is 39.2 Å². The standard InChI is InChI=1S/C13H19N3O3/c1-8-11(9(2)15(3)14-8)12(17)16-7-5-4-6-10(16)13(18)19/h10H,4-7H2,1-3H3,(H,18,19)/t10-/m1/s1. The number of aliphatic carboxylic acids is 1. The van der Waals surface area contributed by atoms with Gasteiger partial charge in [-0.3, -0.25) is 9.48 Å². The smallest absolute Gasteiger partial charge is 0.326 e. The van der Waals surface area contributed by atoms with Crippen LogP contribution in [0.25, 0.3) is 0 Å². The van der Waals surface area contributed by atoms with Crippen LogP contribution in [0.3, 0.4) is 0 Å². The lowest BCUT2D eigenvalue weighted by Crippen LogP contribution is -2.48. The molecule has 2 heterocycles. The quantitative estimate of drug-likeness (QED) is 0.869. The molecule has 6 heteroatoms. The first kappa shape index (κ1) is 13.6. The monoisotopic (exact) mass is 265 g/mol. The molecule has 1 aliphatic heterocycles. The van der Waals surface area contributed by atoms with E-state index in [1.54, 1.807) is 18.7 Å². The van der Waals surface area contributed by atoms with Crippen molar-refractivity contribution in [2.75, 3.05) is 6.54 Å². The molecular formula is C13H19N3O3. The summed E-state index contributed by atoms with van der Waals surface area (Å²) in [5, 5.41) is 13.5. The Morgan fingerprint density at radius 1 is 1.32 bits per heavy atom. The van der Waals surface area contributed by atoms with Crippen molar-refractivity contribution in [1.29, 1.82) is 0 Å². The Balaban J connectivity index is 2.34. The van der Waals surface area contributed by atoms with E-state index in [1.165, 1.54) is 4.90 Å². The summed E-state index contributed by atoms with van der Waals surface area (Å²) in [6.45, 7) is 4.11. The molecule has 1 aromatic rings. The second-order valence-electron chi connectivity index (χ2n) is 5.02. The predicted molar refractivity (Wildman–Crippen MR) is 69.0 cm³/mol. The molecule has 0 aliphatic carbocycles. The van der Waals surface area contributed by atoms with Gasteiger partial charge in [0.15, 0.2) is 0 Å². The number of hydrogen-bond acceptors (Lipinski definition) is 3. The number of nitrogens with zero attached hydrogens (tertiary/aromatic N) is 3. The summed E-state index contributed by atoms with van der Waals surface area (Å²) in [6, 6.07) is -0.708. The molecule has 0 saturated carbocycles. The molecule has 1 fully saturated rings. The van der Waals surface area contributed by atoms with Gasteiger partial charge in [0.05, 0.1) is 11.3 Å². The third-order valence-electron chi connectivity index (χ3n) is 3.77. The summed E-state index contributed by atoms with van der Waals surface area (Å²) >= 11 is 0. The molecule has 0 aromatic carbocycles. The fraction of sp³-hybridized carbons (Fsp3) is 0.615. The normalized spacial score (nSPS) is 19.5. The topological polar surface area (TPSA) is 75.4 Å². The van der Waals surface area contributed by atoms with Crippen molar-refractivity contribution < 1.29 is 14.7 Å². The highest BCUT2D eigenvalue weighted by Crippen LogP contribution is 2.22. The summed E-state index contributed by atoms with van der Waals surface area (Å²) in [4.78, 5) is 25.3. The molecule has 104 valence electrons. The Morgan fingerprint density at radius 2 is 2.00 bits per heavy atom. The molecule has 0 spiro atoms. The Kier molecular flexibility index (Phi) is 3.59. The van der Waals surface area contributed by atoms with Gasteiger partial charge < -0.3 is 10.0 Å². The Labute approximate surface area is 112 Å². The second kappa shape index (κ2) is 5.03. The van der Waals surface area contributed by atoms with Crippen molar-refractivity contribution in [3.05, 3.63) is 17.0 Å². The van der Waals surface area contributed by atoms with Crippen molar-refractivity contribution in [2.24, 2.45) is 7.05 Å². The average Bonchev–Trinajstić information content (AvgIpc) is 2.62. The number of hydrogen-bond donors (Lipinski definition) is 1. The van der Waals surface area contributed by atoms with E-state index in [0.717, 1.165) is 18.5 Å². The summed E-state index contributed by atoms with van der Waals surface area (Å²) in [5.41, 5.74) is 1.97. The van der Waals surface area contributed by atoms with Crippen LogP contribution in [0.2, 0.25) is 0 Å². The first-order chi connectivity index (χ1) is 8.93. The molecule has 1 saturated heterocycles. The lowest BCUT2D eigenvalue weighted by Gasteiger charge is -2.33. The zero-order valence-electron chi connectivity index (χ0n) is 11.5. The van der Waals surface area contributed by atoms with E-state index >= 15 is 0 Å². The van der Waals surface area contributed by atoms with E-state index in [9.17, 15) is 14.7 Å². The van der Waals surface area contributed by atoms with Crippen LogP contribution in [-0.2, 0) is 11.8 Å². The van der Waals surface area contributed by atoms with E-state index in [2.05, 4.69) is 5.10 Å². The van der Waals surface area contributed by atoms with Crippen molar-refractivity contribution >= 4 is 11.9 Å². The molecular weight excluding hydrogens is 246 g/mol. The van der Waals surface area contributed by atoms with E-state index in [1.807, 2.05) is 6.92 Å². The number of rotatable bonds is 2. The maximum Gasteiger partial charge on any atom is 0.326 e. The molecule has 1 N–H and O–H groups in total. The van der Waals surface area contributed by atoms with Gasteiger partial charge in [-0.15, -0.1) is 0 Å². The highest BCUT2D eigenvalue weighted by Gasteiger charge is 2.34. The number of carbonyl (C=O) groups is 2. The SMILES string of the molecule is Cc1nn(C)c(C)c1C(=O)N1CCCC[C@@H]1C(=O)O. The lowest BCUT2D eigenvalue weighted by atomic mass is 10.0. The van der Waals surface area contributed by atoms with Crippen LogP contribution in [0, 0.1) is 13.8 Å². The van der Waals surface area contributed by atoms with Gasteiger partial charge in [0.25, 0.3) is 5.91 Å². The Bertz CT molecular complexity index is 521. The minimum atomic E-state index is -0.924. The second-order valence-corrected chi connectivity index (χ2v) is 5.02. The number of carbonyl (C=O) groups excluding carboxylic acids is 1. The lowest BCUT2D eigenvalue weighted by molar-refractivity contribution is -0.143. The summed E-state index contributed by atoms with van der Waals surface area (Å²) in [7, 11) is 1.78. The van der Waals surface area contributed by atoms with Gasteiger partial charge in [0, 0.05) is 19.3 Å². The van der Waals surface area contributed by atoms with Crippen molar-refractivity contribution in [1.82, 2.24) is 14.7 Å². The number of aromatic nitrogens is 2. The Morgan fingerprint density at radius 3 is 2.53 bits per heavy atom. The van der Waals surface area contributed by atoms with E-state index < -0.39 is 12.0 Å². The number of aryl methyl sites for hydroxylation is 2. The van der Waals surface area contributed by atoms with Crippen LogP contribution in [0.4, 0.5) is 0 Å².